The van der Waals surface area contributed by atoms with Gasteiger partial charge >= 0.3 is 0 Å². The minimum Gasteiger partial charge on any atom is -0.324 e. The van der Waals surface area contributed by atoms with Crippen molar-refractivity contribution >= 4 is 50.0 Å². The Balaban J connectivity index is 1.52. The summed E-state index contributed by atoms with van der Waals surface area (Å²) >= 11 is 3.32. The molecule has 0 aliphatic heterocycles. The number of carbonyl (C=O) groups is 2. The van der Waals surface area contributed by atoms with E-state index in [1.165, 1.54) is 35.2 Å². The summed E-state index contributed by atoms with van der Waals surface area (Å²) in [4.78, 5) is 42.2. The lowest BCUT2D eigenvalue weighted by Crippen LogP contribution is -2.28. The van der Waals surface area contributed by atoms with E-state index >= 15 is 0 Å². The molecule has 32 heavy (non-hydrogen) atoms. The largest absolute Gasteiger partial charge is 0.324 e. The molecule has 9 heteroatoms. The quantitative estimate of drug-likeness (QED) is 0.435. The molecule has 7 nitrogen and oxygen atoms in total. The first kappa shape index (κ1) is 21.4. The zero-order valence-electron chi connectivity index (χ0n) is 16.5. The van der Waals surface area contributed by atoms with Crippen molar-refractivity contribution in [1.82, 2.24) is 9.55 Å². The lowest BCUT2D eigenvalue weighted by molar-refractivity contribution is -0.116. The fraction of sp³-hybridized carbons (Fsp3) is 0.0435. The summed E-state index contributed by atoms with van der Waals surface area (Å²) < 4.78 is 15.0. The number of para-hydroxylation sites is 1. The molecule has 0 spiro atoms. The minimum absolute atomic E-state index is 0.220. The van der Waals surface area contributed by atoms with Gasteiger partial charge in [-0.05, 0) is 54.6 Å². The summed E-state index contributed by atoms with van der Waals surface area (Å²) in [6.45, 7) is -0.276. The third-order valence-electron chi connectivity index (χ3n) is 4.65. The van der Waals surface area contributed by atoms with Crippen LogP contribution in [0.15, 0.2) is 82.3 Å². The van der Waals surface area contributed by atoms with Gasteiger partial charge in [0.15, 0.2) is 0 Å². The highest BCUT2D eigenvalue weighted by Gasteiger charge is 2.15. The zero-order valence-corrected chi connectivity index (χ0v) is 18.1. The second-order valence-electron chi connectivity index (χ2n) is 6.89. The number of benzene rings is 3. The summed E-state index contributed by atoms with van der Waals surface area (Å²) in [6, 6.07) is 16.9. The minimum atomic E-state index is -0.495. The fourth-order valence-electron chi connectivity index (χ4n) is 3.11. The molecule has 1 heterocycles. The van der Waals surface area contributed by atoms with E-state index in [-0.39, 0.29) is 23.4 Å². The Labute approximate surface area is 190 Å². The molecule has 2 amide bonds. The van der Waals surface area contributed by atoms with Crippen molar-refractivity contribution < 1.29 is 14.0 Å². The molecule has 0 radical (unpaired) electrons. The molecule has 0 unspecified atom stereocenters. The molecule has 0 fully saturated rings. The van der Waals surface area contributed by atoms with Crippen molar-refractivity contribution in [3.63, 3.8) is 0 Å². The molecule has 0 saturated carbocycles. The standard InChI is InChI=1S/C23H16BrFN4O3/c24-14-5-10-19-18(11-14)23(32)29(13-26-19)12-21(30)28-20-4-2-1-3-17(20)22(31)27-16-8-6-15(25)7-9-16/h1-11,13H,12H2,(H,27,31)(H,28,30). The van der Waals surface area contributed by atoms with Gasteiger partial charge in [-0.3, -0.25) is 19.0 Å². The maximum absolute atomic E-state index is 13.1. The van der Waals surface area contributed by atoms with Gasteiger partial charge in [-0.2, -0.15) is 0 Å². The van der Waals surface area contributed by atoms with Gasteiger partial charge in [-0.1, -0.05) is 28.1 Å². The number of amides is 2. The van der Waals surface area contributed by atoms with Crippen molar-refractivity contribution in [2.75, 3.05) is 10.6 Å². The Hall–Kier alpha value is -3.85. The zero-order chi connectivity index (χ0) is 22.7. The number of anilines is 2. The van der Waals surface area contributed by atoms with Crippen LogP contribution in [0.5, 0.6) is 0 Å². The van der Waals surface area contributed by atoms with Crippen LogP contribution in [0.1, 0.15) is 10.4 Å². The highest BCUT2D eigenvalue weighted by molar-refractivity contribution is 9.10. The topological polar surface area (TPSA) is 93.1 Å². The highest BCUT2D eigenvalue weighted by Crippen LogP contribution is 2.18. The maximum Gasteiger partial charge on any atom is 0.261 e. The van der Waals surface area contributed by atoms with Crippen LogP contribution in [0.2, 0.25) is 0 Å². The van der Waals surface area contributed by atoms with Gasteiger partial charge in [0.2, 0.25) is 5.91 Å². The Morgan fingerprint density at radius 1 is 1.00 bits per heavy atom. The first-order valence-corrected chi connectivity index (χ1v) is 10.3. The van der Waals surface area contributed by atoms with Gasteiger partial charge in [0.1, 0.15) is 12.4 Å². The second kappa shape index (κ2) is 9.11. The van der Waals surface area contributed by atoms with Crippen molar-refractivity contribution in [3.05, 3.63) is 99.3 Å². The fourth-order valence-corrected chi connectivity index (χ4v) is 3.47. The number of nitrogens with one attached hydrogen (secondary N) is 2. The van der Waals surface area contributed by atoms with Crippen molar-refractivity contribution in [3.8, 4) is 0 Å². The third kappa shape index (κ3) is 4.73. The number of hydrogen-bond acceptors (Lipinski definition) is 4. The molecule has 1 aromatic heterocycles. The van der Waals surface area contributed by atoms with Crippen LogP contribution < -0.4 is 16.2 Å². The smallest absolute Gasteiger partial charge is 0.261 e. The molecule has 0 aliphatic rings. The molecule has 0 saturated heterocycles. The van der Waals surface area contributed by atoms with E-state index in [1.807, 2.05) is 0 Å². The van der Waals surface area contributed by atoms with Crippen molar-refractivity contribution in [2.45, 2.75) is 6.54 Å². The molecule has 2 N–H and O–H groups in total. The lowest BCUT2D eigenvalue weighted by atomic mass is 10.1. The Morgan fingerprint density at radius 3 is 2.53 bits per heavy atom. The van der Waals surface area contributed by atoms with Crippen molar-refractivity contribution in [1.29, 1.82) is 0 Å². The van der Waals surface area contributed by atoms with Gasteiger partial charge in [0.25, 0.3) is 11.5 Å². The molecular formula is C23H16BrFN4O3. The van der Waals surface area contributed by atoms with Gasteiger partial charge in [0.05, 0.1) is 28.5 Å². The lowest BCUT2D eigenvalue weighted by Gasteiger charge is -2.12. The van der Waals surface area contributed by atoms with E-state index < -0.39 is 17.6 Å². The predicted molar refractivity (Wildman–Crippen MR) is 123 cm³/mol. The number of hydrogen-bond donors (Lipinski definition) is 2. The van der Waals surface area contributed by atoms with Crippen LogP contribution in [-0.2, 0) is 11.3 Å². The van der Waals surface area contributed by atoms with Crippen LogP contribution in [0.3, 0.4) is 0 Å². The van der Waals surface area contributed by atoms with Crippen LogP contribution >= 0.6 is 15.9 Å². The number of nitrogens with zero attached hydrogens (tertiary/aromatic N) is 2. The van der Waals surface area contributed by atoms with Crippen LogP contribution in [0, 0.1) is 5.82 Å². The summed E-state index contributed by atoms with van der Waals surface area (Å²) in [5, 5.41) is 5.70. The van der Waals surface area contributed by atoms with Crippen LogP contribution in [-0.4, -0.2) is 21.4 Å². The SMILES string of the molecule is O=C(Cn1cnc2ccc(Br)cc2c1=O)Nc1ccccc1C(=O)Nc1ccc(F)cc1. The molecule has 0 atom stereocenters. The van der Waals surface area contributed by atoms with Crippen LogP contribution in [0.25, 0.3) is 10.9 Å². The Bertz CT molecular complexity index is 1390. The molecule has 160 valence electrons. The van der Waals surface area contributed by atoms with E-state index in [9.17, 15) is 18.8 Å². The number of aromatic nitrogens is 2. The van der Waals surface area contributed by atoms with E-state index in [0.29, 0.717) is 16.6 Å². The summed E-state index contributed by atoms with van der Waals surface area (Å²) in [7, 11) is 0. The number of halogens is 2. The third-order valence-corrected chi connectivity index (χ3v) is 5.14. The molecule has 0 bridgehead atoms. The Kier molecular flexibility index (Phi) is 6.09. The molecular weight excluding hydrogens is 479 g/mol. The summed E-state index contributed by atoms with van der Waals surface area (Å²) in [5.74, 6) is -1.38. The van der Waals surface area contributed by atoms with Gasteiger partial charge in [-0.15, -0.1) is 0 Å². The maximum atomic E-state index is 13.1. The summed E-state index contributed by atoms with van der Waals surface area (Å²) in [5.41, 5.74) is 1.09. The summed E-state index contributed by atoms with van der Waals surface area (Å²) in [6.07, 6.45) is 1.31. The predicted octanol–water partition coefficient (Wildman–Crippen LogP) is 4.19. The molecule has 4 aromatic rings. The first-order valence-electron chi connectivity index (χ1n) is 9.51. The normalized spacial score (nSPS) is 10.7. The van der Waals surface area contributed by atoms with E-state index in [1.54, 1.807) is 42.5 Å². The van der Waals surface area contributed by atoms with Gasteiger partial charge < -0.3 is 10.6 Å². The number of rotatable bonds is 5. The number of carbonyl (C=O) groups excluding carboxylic acids is 2. The molecule has 3 aromatic carbocycles. The monoisotopic (exact) mass is 494 g/mol. The van der Waals surface area contributed by atoms with Crippen LogP contribution in [0.4, 0.5) is 15.8 Å². The van der Waals surface area contributed by atoms with Crippen molar-refractivity contribution in [2.24, 2.45) is 0 Å². The van der Waals surface area contributed by atoms with E-state index in [4.69, 9.17) is 0 Å². The average Bonchev–Trinajstić information content (AvgIpc) is 2.78. The first-order chi connectivity index (χ1) is 15.4. The average molecular weight is 495 g/mol. The van der Waals surface area contributed by atoms with E-state index in [2.05, 4.69) is 31.5 Å². The van der Waals surface area contributed by atoms with E-state index in [0.717, 1.165) is 4.47 Å². The molecule has 4 rings (SSSR count). The number of fused-ring (bicyclic) bond motifs is 1. The highest BCUT2D eigenvalue weighted by atomic mass is 79.9. The molecule has 0 aliphatic carbocycles. The second-order valence-corrected chi connectivity index (χ2v) is 7.81. The Morgan fingerprint density at radius 2 is 1.75 bits per heavy atom. The van der Waals surface area contributed by atoms with Gasteiger partial charge in [0, 0.05) is 10.2 Å². The van der Waals surface area contributed by atoms with Gasteiger partial charge in [-0.25, -0.2) is 9.37 Å².